The minimum absolute atomic E-state index is 0.0498. The molecule has 0 radical (unpaired) electrons. The van der Waals surface area contributed by atoms with Crippen LogP contribution in [0.15, 0.2) is 47.0 Å². The van der Waals surface area contributed by atoms with Crippen molar-refractivity contribution >= 4 is 57.5 Å². The maximum Gasteiger partial charge on any atom is 0.328 e. The second-order valence-corrected chi connectivity index (χ2v) is 40.2. The predicted octanol–water partition coefficient (Wildman–Crippen LogP) is 14.1. The first-order valence-electron chi connectivity index (χ1n) is 20.5. The van der Waals surface area contributed by atoms with Gasteiger partial charge in [-0.05, 0) is 120 Å². The SMILES string of the molecule is CC(C)(C)[Si](C)(C)Oc1ccc(C=CC(=O)O)cc1O[Si](C)(C)C(C)(C)C.CCc1noc(C=Cc2ccc(O[Si](C)(C)C(C)(C)C)c(O[Si](C)(C)C(C)(C)C)c2)n1. The summed E-state index contributed by atoms with van der Waals surface area (Å²) in [6.07, 6.45) is 7.28. The van der Waals surface area contributed by atoms with Crippen LogP contribution in [0.4, 0.5) is 0 Å². The lowest BCUT2D eigenvalue weighted by atomic mass is 10.2. The fourth-order valence-electron chi connectivity index (χ4n) is 4.11. The quantitative estimate of drug-likeness (QED) is 0.132. The zero-order valence-corrected chi connectivity index (χ0v) is 43.8. The molecule has 0 amide bonds. The zero-order chi connectivity index (χ0) is 44.9. The maximum atomic E-state index is 10.9. The molecule has 2 aromatic carbocycles. The van der Waals surface area contributed by atoms with Crippen LogP contribution in [0.5, 0.6) is 23.0 Å². The van der Waals surface area contributed by atoms with Gasteiger partial charge in [0.2, 0.25) is 0 Å². The third kappa shape index (κ3) is 14.1. The highest BCUT2D eigenvalue weighted by Crippen LogP contribution is 2.45. The first-order valence-corrected chi connectivity index (χ1v) is 32.1. The van der Waals surface area contributed by atoms with E-state index in [1.165, 1.54) is 0 Å². The van der Waals surface area contributed by atoms with Crippen LogP contribution in [0.3, 0.4) is 0 Å². The highest BCUT2D eigenvalue weighted by molar-refractivity contribution is 6.76. The van der Waals surface area contributed by atoms with Gasteiger partial charge >= 0.3 is 5.97 Å². The van der Waals surface area contributed by atoms with Crippen molar-refractivity contribution in [2.75, 3.05) is 0 Å². The van der Waals surface area contributed by atoms with Crippen molar-refractivity contribution in [2.24, 2.45) is 0 Å². The lowest BCUT2D eigenvalue weighted by Gasteiger charge is -2.39. The Kier molecular flexibility index (Phi) is 16.2. The number of hydrogen-bond donors (Lipinski definition) is 1. The van der Waals surface area contributed by atoms with Crippen LogP contribution in [0.25, 0.3) is 18.2 Å². The highest BCUT2D eigenvalue weighted by Gasteiger charge is 2.43. The van der Waals surface area contributed by atoms with Crippen LogP contribution in [0, 0.1) is 0 Å². The number of rotatable bonds is 13. The Morgan fingerprint density at radius 1 is 0.586 bits per heavy atom. The van der Waals surface area contributed by atoms with E-state index >= 15 is 0 Å². The molecule has 9 nitrogen and oxygen atoms in total. The Hall–Kier alpha value is -3.40. The van der Waals surface area contributed by atoms with E-state index in [9.17, 15) is 4.79 Å². The first kappa shape index (κ1) is 50.7. The van der Waals surface area contributed by atoms with Gasteiger partial charge in [0.15, 0.2) is 5.82 Å². The molecule has 3 rings (SSSR count). The van der Waals surface area contributed by atoms with Crippen molar-refractivity contribution in [3.63, 3.8) is 0 Å². The molecule has 58 heavy (non-hydrogen) atoms. The first-order chi connectivity index (χ1) is 26.0. The van der Waals surface area contributed by atoms with Crippen molar-refractivity contribution in [3.8, 4) is 23.0 Å². The van der Waals surface area contributed by atoms with Gasteiger partial charge in [0, 0.05) is 18.6 Å². The number of aromatic nitrogens is 2. The molecule has 1 N–H and O–H groups in total. The Balaban J connectivity index is 0.000000404. The molecule has 3 aromatic rings. The van der Waals surface area contributed by atoms with Crippen LogP contribution in [-0.2, 0) is 11.2 Å². The lowest BCUT2D eigenvalue weighted by molar-refractivity contribution is -0.131. The van der Waals surface area contributed by atoms with E-state index in [0.29, 0.717) is 17.5 Å². The minimum Gasteiger partial charge on any atom is -0.541 e. The Bertz CT molecular complexity index is 1900. The van der Waals surface area contributed by atoms with E-state index in [4.69, 9.17) is 27.3 Å². The third-order valence-electron chi connectivity index (χ3n) is 12.3. The summed E-state index contributed by atoms with van der Waals surface area (Å²) in [4.78, 5) is 15.2. The number of benzene rings is 2. The summed E-state index contributed by atoms with van der Waals surface area (Å²) in [6, 6.07) is 11.8. The largest absolute Gasteiger partial charge is 0.541 e. The van der Waals surface area contributed by atoms with Gasteiger partial charge in [0.1, 0.15) is 23.0 Å². The van der Waals surface area contributed by atoms with E-state index in [-0.39, 0.29) is 20.2 Å². The number of hydrogen-bond acceptors (Lipinski definition) is 8. The van der Waals surface area contributed by atoms with Crippen LogP contribution >= 0.6 is 0 Å². The van der Waals surface area contributed by atoms with Crippen molar-refractivity contribution in [2.45, 2.75) is 169 Å². The van der Waals surface area contributed by atoms with Gasteiger partial charge in [-0.15, -0.1) is 0 Å². The Morgan fingerprint density at radius 2 is 0.931 bits per heavy atom. The number of nitrogens with zero attached hydrogens (tertiary/aromatic N) is 2. The van der Waals surface area contributed by atoms with Crippen molar-refractivity contribution < 1.29 is 32.1 Å². The fourth-order valence-corrected chi connectivity index (χ4v) is 8.19. The number of carbonyl (C=O) groups is 1. The summed E-state index contributed by atoms with van der Waals surface area (Å²) in [5.41, 5.74) is 1.79. The van der Waals surface area contributed by atoms with Crippen LogP contribution in [-0.4, -0.2) is 54.5 Å². The summed E-state index contributed by atoms with van der Waals surface area (Å²) in [5, 5.41) is 13.2. The van der Waals surface area contributed by atoms with Crippen LogP contribution in [0.1, 0.15) is 113 Å². The third-order valence-corrected chi connectivity index (χ3v) is 29.6. The maximum absolute atomic E-state index is 10.9. The zero-order valence-electron chi connectivity index (χ0n) is 39.8. The molecule has 0 aliphatic rings. The van der Waals surface area contributed by atoms with Gasteiger partial charge in [-0.25, -0.2) is 4.79 Å². The minimum atomic E-state index is -2.07. The van der Waals surface area contributed by atoms with Gasteiger partial charge in [0.05, 0.1) is 0 Å². The number of carboxylic acids is 1. The van der Waals surface area contributed by atoms with E-state index in [1.807, 2.05) is 43.3 Å². The summed E-state index contributed by atoms with van der Waals surface area (Å²) in [7, 11) is -8.14. The molecule has 1 heterocycles. The van der Waals surface area contributed by atoms with E-state index in [0.717, 1.165) is 40.9 Å². The monoisotopic (exact) mass is 868 g/mol. The van der Waals surface area contributed by atoms with Gasteiger partial charge < -0.3 is 27.3 Å². The number of carboxylic acid groups (broad SMARTS) is 1. The number of aliphatic carboxylic acids is 1. The van der Waals surface area contributed by atoms with Gasteiger partial charge in [-0.3, -0.25) is 0 Å². The average molecular weight is 869 g/mol. The second-order valence-electron chi connectivity index (χ2n) is 21.3. The van der Waals surface area contributed by atoms with Crippen molar-refractivity contribution in [3.05, 3.63) is 65.3 Å². The lowest BCUT2D eigenvalue weighted by Crippen LogP contribution is -2.45. The summed E-state index contributed by atoms with van der Waals surface area (Å²) < 4.78 is 31.7. The predicted molar refractivity (Wildman–Crippen MR) is 253 cm³/mol. The summed E-state index contributed by atoms with van der Waals surface area (Å²) in [5.74, 6) is 3.35. The molecule has 0 saturated carbocycles. The molecule has 0 bridgehead atoms. The normalized spacial score (nSPS) is 13.7. The van der Waals surface area contributed by atoms with Gasteiger partial charge in [0.25, 0.3) is 39.2 Å². The second kappa shape index (κ2) is 18.5. The smallest absolute Gasteiger partial charge is 0.328 e. The topological polar surface area (TPSA) is 113 Å². The molecule has 0 fully saturated rings. The van der Waals surface area contributed by atoms with E-state index in [1.54, 1.807) is 6.08 Å². The highest BCUT2D eigenvalue weighted by atomic mass is 28.4. The molecule has 0 aliphatic carbocycles. The van der Waals surface area contributed by atoms with Crippen molar-refractivity contribution in [1.29, 1.82) is 0 Å². The molecule has 0 atom stereocenters. The van der Waals surface area contributed by atoms with Crippen LogP contribution in [0.2, 0.25) is 72.5 Å². The van der Waals surface area contributed by atoms with E-state index in [2.05, 4.69) is 158 Å². The summed E-state index contributed by atoms with van der Waals surface area (Å²) in [6.45, 7) is 46.6. The Morgan fingerprint density at radius 3 is 1.24 bits per heavy atom. The number of aryl methyl sites for hydroxylation is 1. The standard InChI is InChI=1S/C24H40N2O3Si2.C21H36O4Si2/c1-12-21-25-22(27-26-21)16-14-18-13-15-19(28-30(8,9)23(2,3)4)20(17-18)29-31(10,11)24(5,6)7;1-20(2,3)26(7,8)24-17-13-11-16(12-14-19(22)23)15-18(17)25-27(9,10)21(4,5)6/h13-17H,12H2,1-11H3;11-15H,1-10H3,(H,22,23). The molecule has 0 saturated heterocycles. The Labute approximate surface area is 355 Å². The molecular formula is C45H76N2O7Si4. The fraction of sp³-hybridized carbons (Fsp3) is 0.578. The molecule has 0 spiro atoms. The van der Waals surface area contributed by atoms with Crippen molar-refractivity contribution in [1.82, 2.24) is 10.1 Å². The molecular weight excluding hydrogens is 793 g/mol. The van der Waals surface area contributed by atoms with Gasteiger partial charge in [-0.2, -0.15) is 4.98 Å². The molecule has 324 valence electrons. The van der Waals surface area contributed by atoms with Crippen LogP contribution < -0.4 is 17.7 Å². The molecule has 13 heteroatoms. The van der Waals surface area contributed by atoms with E-state index < -0.39 is 39.2 Å². The molecule has 0 aliphatic heterocycles. The van der Waals surface area contributed by atoms with Gasteiger partial charge in [-0.1, -0.05) is 107 Å². The molecule has 1 aromatic heterocycles. The molecule has 0 unspecified atom stereocenters. The average Bonchev–Trinajstić information content (AvgIpc) is 3.51. The summed E-state index contributed by atoms with van der Waals surface area (Å²) >= 11 is 0.